The Balaban J connectivity index is 2.26. The molecule has 0 spiro atoms. The highest BCUT2D eigenvalue weighted by molar-refractivity contribution is 6.32. The highest BCUT2D eigenvalue weighted by Gasteiger charge is 2.06. The first-order valence-corrected chi connectivity index (χ1v) is 5.78. The van der Waals surface area contributed by atoms with Crippen LogP contribution in [0.4, 0.5) is 11.4 Å². The largest absolute Gasteiger partial charge is 0.495 e. The molecule has 0 bridgehead atoms. The summed E-state index contributed by atoms with van der Waals surface area (Å²) in [4.78, 5) is 14.6. The van der Waals surface area contributed by atoms with Crippen molar-refractivity contribution in [3.63, 3.8) is 0 Å². The number of hydrogen-bond acceptors (Lipinski definition) is 4. The van der Waals surface area contributed by atoms with E-state index in [4.69, 9.17) is 21.4 Å². The summed E-state index contributed by atoms with van der Waals surface area (Å²) in [5.41, 5.74) is 1.34. The van der Waals surface area contributed by atoms with Gasteiger partial charge in [0, 0.05) is 23.6 Å². The molecule has 0 saturated carbocycles. The number of methoxy groups -OCH3 is 1. The summed E-state index contributed by atoms with van der Waals surface area (Å²) < 4.78 is 5.11. The molecule has 5 nitrogen and oxygen atoms in total. The molecular weight excluding hydrogens is 268 g/mol. The van der Waals surface area contributed by atoms with E-state index in [2.05, 4.69) is 10.3 Å². The second-order valence-corrected chi connectivity index (χ2v) is 4.12. The van der Waals surface area contributed by atoms with Crippen LogP contribution >= 0.6 is 11.6 Å². The maximum atomic E-state index is 10.8. The molecule has 98 valence electrons. The predicted octanol–water partition coefficient (Wildman–Crippen LogP) is 3.19. The standard InChI is InChI=1S/C13H11ClN2O3/c1-19-12-7-8(2-3-10(12)14)16-9-4-5-15-11(6-9)13(17)18/h2-7H,1H3,(H,15,16)(H,17,18). The summed E-state index contributed by atoms with van der Waals surface area (Å²) in [5.74, 6) is -0.531. The minimum absolute atomic E-state index is 0.0223. The first kappa shape index (κ1) is 13.2. The van der Waals surface area contributed by atoms with E-state index in [9.17, 15) is 4.79 Å². The monoisotopic (exact) mass is 278 g/mol. The van der Waals surface area contributed by atoms with Gasteiger partial charge in [0.05, 0.1) is 12.1 Å². The summed E-state index contributed by atoms with van der Waals surface area (Å²) in [5, 5.41) is 12.4. The van der Waals surface area contributed by atoms with Gasteiger partial charge >= 0.3 is 5.97 Å². The number of halogens is 1. The molecule has 6 heteroatoms. The lowest BCUT2D eigenvalue weighted by Gasteiger charge is -2.09. The number of rotatable bonds is 4. The van der Waals surface area contributed by atoms with Crippen molar-refractivity contribution >= 4 is 28.9 Å². The van der Waals surface area contributed by atoms with Crippen molar-refractivity contribution < 1.29 is 14.6 Å². The molecule has 2 N–H and O–H groups in total. The third-order valence-electron chi connectivity index (χ3n) is 2.42. The smallest absolute Gasteiger partial charge is 0.354 e. The molecule has 1 aromatic heterocycles. The number of ether oxygens (including phenoxy) is 1. The normalized spacial score (nSPS) is 10.0. The zero-order chi connectivity index (χ0) is 13.8. The van der Waals surface area contributed by atoms with E-state index < -0.39 is 5.97 Å². The molecule has 1 heterocycles. The summed E-state index contributed by atoms with van der Waals surface area (Å²) in [7, 11) is 1.53. The van der Waals surface area contributed by atoms with Crippen LogP contribution in [0.5, 0.6) is 5.75 Å². The Morgan fingerprint density at radius 3 is 2.74 bits per heavy atom. The lowest BCUT2D eigenvalue weighted by atomic mass is 10.2. The van der Waals surface area contributed by atoms with Crippen LogP contribution in [0.1, 0.15) is 10.5 Å². The number of carboxylic acids is 1. The van der Waals surface area contributed by atoms with E-state index in [-0.39, 0.29) is 5.69 Å². The fourth-order valence-corrected chi connectivity index (χ4v) is 1.72. The molecule has 0 saturated heterocycles. The fraction of sp³-hybridized carbons (Fsp3) is 0.0769. The van der Waals surface area contributed by atoms with Gasteiger partial charge in [0.1, 0.15) is 11.4 Å². The number of carbonyl (C=O) groups is 1. The fourth-order valence-electron chi connectivity index (χ4n) is 1.53. The Morgan fingerprint density at radius 1 is 1.32 bits per heavy atom. The van der Waals surface area contributed by atoms with E-state index in [0.29, 0.717) is 16.5 Å². The van der Waals surface area contributed by atoms with Crippen molar-refractivity contribution in [1.29, 1.82) is 0 Å². The van der Waals surface area contributed by atoms with Gasteiger partial charge in [-0.2, -0.15) is 0 Å². The average molecular weight is 279 g/mol. The van der Waals surface area contributed by atoms with Gasteiger partial charge in [-0.3, -0.25) is 0 Å². The molecule has 0 aliphatic heterocycles. The average Bonchev–Trinajstić information content (AvgIpc) is 2.41. The van der Waals surface area contributed by atoms with Crippen LogP contribution in [-0.4, -0.2) is 23.2 Å². The Hall–Kier alpha value is -2.27. The second kappa shape index (κ2) is 5.58. The lowest BCUT2D eigenvalue weighted by Crippen LogP contribution is -2.01. The number of aromatic carboxylic acids is 1. The van der Waals surface area contributed by atoms with Crippen molar-refractivity contribution in [3.05, 3.63) is 47.2 Å². The van der Waals surface area contributed by atoms with Gasteiger partial charge in [0.2, 0.25) is 0 Å². The highest BCUT2D eigenvalue weighted by atomic mass is 35.5. The molecule has 0 aliphatic rings. The molecule has 2 rings (SSSR count). The van der Waals surface area contributed by atoms with Crippen LogP contribution in [0.25, 0.3) is 0 Å². The Morgan fingerprint density at radius 2 is 2.05 bits per heavy atom. The first-order chi connectivity index (χ1) is 9.10. The van der Waals surface area contributed by atoms with E-state index in [1.54, 1.807) is 24.3 Å². The molecule has 1 aromatic carbocycles. The molecule has 19 heavy (non-hydrogen) atoms. The van der Waals surface area contributed by atoms with Gasteiger partial charge in [-0.1, -0.05) is 11.6 Å². The molecule has 0 atom stereocenters. The summed E-state index contributed by atoms with van der Waals surface area (Å²) in [6.07, 6.45) is 1.43. The molecular formula is C13H11ClN2O3. The summed E-state index contributed by atoms with van der Waals surface area (Å²) in [6.45, 7) is 0. The van der Waals surface area contributed by atoms with Crippen molar-refractivity contribution in [2.75, 3.05) is 12.4 Å². The minimum Gasteiger partial charge on any atom is -0.495 e. The summed E-state index contributed by atoms with van der Waals surface area (Å²) in [6, 6.07) is 8.31. The number of hydrogen-bond donors (Lipinski definition) is 2. The number of nitrogens with zero attached hydrogens (tertiary/aromatic N) is 1. The number of pyridine rings is 1. The lowest BCUT2D eigenvalue weighted by molar-refractivity contribution is 0.0690. The molecule has 0 unspecified atom stereocenters. The molecule has 0 amide bonds. The number of anilines is 2. The molecule has 0 fully saturated rings. The first-order valence-electron chi connectivity index (χ1n) is 5.40. The third-order valence-corrected chi connectivity index (χ3v) is 2.73. The topological polar surface area (TPSA) is 71.5 Å². The number of aromatic nitrogens is 1. The third kappa shape index (κ3) is 3.14. The van der Waals surface area contributed by atoms with Crippen molar-refractivity contribution in [1.82, 2.24) is 4.98 Å². The van der Waals surface area contributed by atoms with Crippen molar-refractivity contribution in [3.8, 4) is 5.75 Å². The number of carboxylic acid groups (broad SMARTS) is 1. The second-order valence-electron chi connectivity index (χ2n) is 3.71. The minimum atomic E-state index is -1.07. The van der Waals surface area contributed by atoms with Gasteiger partial charge in [0.15, 0.2) is 0 Å². The zero-order valence-electron chi connectivity index (χ0n) is 10.1. The quantitative estimate of drug-likeness (QED) is 0.899. The Bertz CT molecular complexity index is 617. The number of benzene rings is 1. The maximum absolute atomic E-state index is 10.8. The van der Waals surface area contributed by atoms with Gasteiger partial charge in [-0.25, -0.2) is 9.78 Å². The summed E-state index contributed by atoms with van der Waals surface area (Å²) >= 11 is 5.93. The van der Waals surface area contributed by atoms with Crippen LogP contribution in [-0.2, 0) is 0 Å². The van der Waals surface area contributed by atoms with Crippen LogP contribution in [0, 0.1) is 0 Å². The number of nitrogens with one attached hydrogen (secondary N) is 1. The van der Waals surface area contributed by atoms with Crippen LogP contribution in [0.3, 0.4) is 0 Å². The Kier molecular flexibility index (Phi) is 3.87. The predicted molar refractivity (Wildman–Crippen MR) is 72.5 cm³/mol. The van der Waals surface area contributed by atoms with Crippen LogP contribution in [0.2, 0.25) is 5.02 Å². The SMILES string of the molecule is COc1cc(Nc2ccnc(C(=O)O)c2)ccc1Cl. The van der Waals surface area contributed by atoms with Gasteiger partial charge < -0.3 is 15.2 Å². The van der Waals surface area contributed by atoms with E-state index in [0.717, 1.165) is 5.69 Å². The van der Waals surface area contributed by atoms with Crippen molar-refractivity contribution in [2.45, 2.75) is 0 Å². The van der Waals surface area contributed by atoms with Crippen LogP contribution in [0.15, 0.2) is 36.5 Å². The van der Waals surface area contributed by atoms with Gasteiger partial charge in [-0.05, 0) is 24.3 Å². The van der Waals surface area contributed by atoms with Crippen LogP contribution < -0.4 is 10.1 Å². The van der Waals surface area contributed by atoms with Gasteiger partial charge in [0.25, 0.3) is 0 Å². The molecule has 0 aliphatic carbocycles. The highest BCUT2D eigenvalue weighted by Crippen LogP contribution is 2.28. The van der Waals surface area contributed by atoms with Crippen molar-refractivity contribution in [2.24, 2.45) is 0 Å². The van der Waals surface area contributed by atoms with E-state index >= 15 is 0 Å². The van der Waals surface area contributed by atoms with E-state index in [1.807, 2.05) is 0 Å². The molecule has 2 aromatic rings. The molecule has 0 radical (unpaired) electrons. The van der Waals surface area contributed by atoms with Gasteiger partial charge in [-0.15, -0.1) is 0 Å². The van der Waals surface area contributed by atoms with E-state index in [1.165, 1.54) is 19.4 Å². The zero-order valence-corrected chi connectivity index (χ0v) is 10.8. The Labute approximate surface area is 114 Å². The maximum Gasteiger partial charge on any atom is 0.354 e.